The molecule has 3 aliphatic carbocycles. The number of hydrogen-bond acceptors (Lipinski definition) is 9. The number of Topliss-reactive ketones (excluding diaryl/α,β-unsaturated/α-hetero) is 2. The Kier molecular flexibility index (Phi) is 4.42. The zero-order valence-electron chi connectivity index (χ0n) is 16.9. The van der Waals surface area contributed by atoms with Gasteiger partial charge in [-0.3, -0.25) is 19.3 Å². The van der Waals surface area contributed by atoms with Crippen LogP contribution in [-0.2, 0) is 16.0 Å². The molecule has 0 radical (unpaired) electrons. The molecule has 1 amide bonds. The number of amides is 1. The molecule has 31 heavy (non-hydrogen) atoms. The van der Waals surface area contributed by atoms with Crippen molar-refractivity contribution in [3.63, 3.8) is 0 Å². The molecule has 0 spiro atoms. The second-order valence-corrected chi connectivity index (χ2v) is 8.50. The fourth-order valence-electron chi connectivity index (χ4n) is 5.24. The average molecular weight is 429 g/mol. The monoisotopic (exact) mass is 429 g/mol. The van der Waals surface area contributed by atoms with E-state index in [0.717, 1.165) is 0 Å². The number of benzene rings is 1. The number of fused-ring (bicyclic) bond motifs is 3. The zero-order valence-corrected chi connectivity index (χ0v) is 16.9. The summed E-state index contributed by atoms with van der Waals surface area (Å²) in [6.07, 6.45) is 0.291. The first-order chi connectivity index (χ1) is 14.4. The Morgan fingerprint density at radius 2 is 1.84 bits per heavy atom. The molecule has 3 aliphatic rings. The summed E-state index contributed by atoms with van der Waals surface area (Å²) in [6, 6.07) is 2.06. The molecule has 0 aromatic heterocycles. The van der Waals surface area contributed by atoms with Crippen LogP contribution in [0.5, 0.6) is 5.75 Å². The zero-order chi connectivity index (χ0) is 23.0. The summed E-state index contributed by atoms with van der Waals surface area (Å²) in [4.78, 5) is 39.7. The average Bonchev–Trinajstić information content (AvgIpc) is 2.67. The highest BCUT2D eigenvalue weighted by Gasteiger charge is 2.63. The Bertz CT molecular complexity index is 1120. The lowest BCUT2D eigenvalue weighted by Gasteiger charge is -2.50. The van der Waals surface area contributed by atoms with Crippen molar-refractivity contribution in [3.8, 4) is 5.75 Å². The van der Waals surface area contributed by atoms with Gasteiger partial charge in [0.1, 0.15) is 22.8 Å². The molecule has 0 saturated carbocycles. The van der Waals surface area contributed by atoms with Gasteiger partial charge in [-0.2, -0.15) is 0 Å². The van der Waals surface area contributed by atoms with Crippen LogP contribution in [0, 0.1) is 11.8 Å². The number of aliphatic hydroxyl groups is 3. The van der Waals surface area contributed by atoms with E-state index in [-0.39, 0.29) is 29.7 Å². The minimum atomic E-state index is -2.64. The lowest BCUT2D eigenvalue weighted by atomic mass is 9.58. The summed E-state index contributed by atoms with van der Waals surface area (Å²) >= 11 is 0. The van der Waals surface area contributed by atoms with Gasteiger partial charge in [0.15, 0.2) is 11.4 Å². The Morgan fingerprint density at radius 1 is 1.19 bits per heavy atom. The minimum absolute atomic E-state index is 0.0247. The Hall–Kier alpha value is -3.37. The molecule has 2 unspecified atom stereocenters. The topological polar surface area (TPSA) is 187 Å². The molecule has 10 heteroatoms. The van der Waals surface area contributed by atoms with Gasteiger partial charge in [0.2, 0.25) is 5.78 Å². The van der Waals surface area contributed by atoms with E-state index in [0.29, 0.717) is 5.56 Å². The van der Waals surface area contributed by atoms with Gasteiger partial charge in [-0.05, 0) is 44.5 Å². The van der Waals surface area contributed by atoms with Gasteiger partial charge in [-0.25, -0.2) is 0 Å². The maximum Gasteiger partial charge on any atom is 0.255 e. The lowest BCUT2D eigenvalue weighted by Crippen LogP contribution is -2.63. The van der Waals surface area contributed by atoms with E-state index in [9.17, 15) is 34.8 Å². The molecule has 0 aliphatic heterocycles. The number of rotatable bonds is 2. The molecule has 4 rings (SSSR count). The minimum Gasteiger partial charge on any atom is -0.510 e. The number of likely N-dealkylation sites (N-methyl/N-ethyl adjacent to an activating group) is 1. The number of ketones is 2. The van der Waals surface area contributed by atoms with Gasteiger partial charge in [-0.1, -0.05) is 6.07 Å². The van der Waals surface area contributed by atoms with E-state index in [4.69, 9.17) is 11.5 Å². The first kappa shape index (κ1) is 20.9. The van der Waals surface area contributed by atoms with Crippen molar-refractivity contribution in [1.82, 2.24) is 4.90 Å². The predicted molar refractivity (Wildman–Crippen MR) is 108 cm³/mol. The van der Waals surface area contributed by atoms with Crippen molar-refractivity contribution >= 4 is 23.2 Å². The molecule has 0 saturated heterocycles. The Labute approximate surface area is 177 Å². The number of nitrogens with zero attached hydrogens (tertiary/aromatic N) is 1. The molecule has 0 bridgehead atoms. The lowest BCUT2D eigenvalue weighted by molar-refractivity contribution is -0.148. The van der Waals surface area contributed by atoms with Crippen LogP contribution in [0.3, 0.4) is 0 Å². The SMILES string of the molecule is CN(C)[C@@H]1C(O)=C(C(N)=O)C(=O)[C@@]2(O)C(O)=C3C(=O)c4c(ccc(N)c4O)CC3CC12. The van der Waals surface area contributed by atoms with Crippen molar-refractivity contribution in [2.45, 2.75) is 24.5 Å². The summed E-state index contributed by atoms with van der Waals surface area (Å²) in [5.41, 5.74) is 7.70. The third kappa shape index (κ3) is 2.55. The highest BCUT2D eigenvalue weighted by atomic mass is 16.3. The van der Waals surface area contributed by atoms with Gasteiger partial charge in [0, 0.05) is 11.5 Å². The van der Waals surface area contributed by atoms with Gasteiger partial charge >= 0.3 is 0 Å². The second kappa shape index (κ2) is 6.56. The van der Waals surface area contributed by atoms with Gasteiger partial charge in [0.25, 0.3) is 5.91 Å². The van der Waals surface area contributed by atoms with Gasteiger partial charge < -0.3 is 31.9 Å². The summed E-state index contributed by atoms with van der Waals surface area (Å²) in [5, 5.41) is 43.5. The number of primary amides is 1. The van der Waals surface area contributed by atoms with E-state index in [1.165, 1.54) is 11.0 Å². The maximum atomic E-state index is 13.2. The summed E-state index contributed by atoms with van der Waals surface area (Å²) in [5.74, 6) is -6.84. The van der Waals surface area contributed by atoms with Crippen LogP contribution in [0.4, 0.5) is 5.69 Å². The molecule has 10 nitrogen and oxygen atoms in total. The number of phenols is 1. The van der Waals surface area contributed by atoms with E-state index in [1.807, 2.05) is 0 Å². The number of allylic oxidation sites excluding steroid dienone is 1. The van der Waals surface area contributed by atoms with Crippen molar-refractivity contribution < 1.29 is 34.8 Å². The van der Waals surface area contributed by atoms with Gasteiger partial charge in [0.05, 0.1) is 17.3 Å². The predicted octanol–water partition coefficient (Wildman–Crippen LogP) is -0.297. The molecular formula is C21H23N3O7. The summed E-state index contributed by atoms with van der Waals surface area (Å²) in [7, 11) is 3.16. The number of phenolic OH excluding ortho intramolecular Hbond substituents is 1. The normalized spacial score (nSPS) is 30.3. The molecule has 0 fully saturated rings. The van der Waals surface area contributed by atoms with Crippen molar-refractivity contribution in [2.75, 3.05) is 19.8 Å². The van der Waals surface area contributed by atoms with Gasteiger partial charge in [-0.15, -0.1) is 0 Å². The summed E-state index contributed by atoms with van der Waals surface area (Å²) < 4.78 is 0. The number of hydrogen-bond donors (Lipinski definition) is 6. The van der Waals surface area contributed by atoms with Crippen molar-refractivity contribution in [2.24, 2.45) is 17.6 Å². The number of anilines is 1. The van der Waals surface area contributed by atoms with E-state index in [1.54, 1.807) is 20.2 Å². The first-order valence-corrected chi connectivity index (χ1v) is 9.68. The van der Waals surface area contributed by atoms with E-state index in [2.05, 4.69) is 0 Å². The molecular weight excluding hydrogens is 406 g/mol. The molecule has 164 valence electrons. The first-order valence-electron chi connectivity index (χ1n) is 9.68. The van der Waals surface area contributed by atoms with Crippen LogP contribution in [0.2, 0.25) is 0 Å². The smallest absolute Gasteiger partial charge is 0.255 e. The third-order valence-electron chi connectivity index (χ3n) is 6.63. The standard InChI is InChI=1S/C21H23N3O7/c1-24(2)14-9-6-8-5-7-3-4-10(22)15(25)11(7)16(26)12(8)18(28)21(9,31)19(29)13(17(14)27)20(23)30/h3-4,8-9,14,25,27-28,31H,5-6,22H2,1-2H3,(H2,23,30)/t8?,9?,14-,21-/m0/s1. The number of aliphatic hydroxyl groups excluding tert-OH is 2. The number of carbonyl (C=O) groups excluding carboxylic acids is 3. The molecule has 0 heterocycles. The number of nitrogens with two attached hydrogens (primary N) is 2. The molecule has 4 atom stereocenters. The number of carbonyl (C=O) groups is 3. The van der Waals surface area contributed by atoms with Crippen LogP contribution in [-0.4, -0.2) is 68.5 Å². The Balaban J connectivity index is 1.97. The number of nitrogen functional groups attached to an aromatic ring is 1. The van der Waals surface area contributed by atoms with Crippen LogP contribution in [0.25, 0.3) is 0 Å². The third-order valence-corrected chi connectivity index (χ3v) is 6.63. The highest BCUT2D eigenvalue weighted by Crippen LogP contribution is 2.52. The summed E-state index contributed by atoms with van der Waals surface area (Å²) in [6.45, 7) is 0. The van der Waals surface area contributed by atoms with E-state index < -0.39 is 63.8 Å². The number of aromatic hydroxyl groups is 1. The van der Waals surface area contributed by atoms with Crippen LogP contribution in [0.15, 0.2) is 34.8 Å². The largest absolute Gasteiger partial charge is 0.510 e. The second-order valence-electron chi connectivity index (χ2n) is 8.50. The van der Waals surface area contributed by atoms with Crippen LogP contribution in [0.1, 0.15) is 22.3 Å². The van der Waals surface area contributed by atoms with Crippen LogP contribution >= 0.6 is 0 Å². The van der Waals surface area contributed by atoms with E-state index >= 15 is 0 Å². The fraction of sp³-hybridized carbons (Fsp3) is 0.381. The Morgan fingerprint density at radius 3 is 2.42 bits per heavy atom. The quantitative estimate of drug-likeness (QED) is 0.208. The van der Waals surface area contributed by atoms with Crippen molar-refractivity contribution in [3.05, 3.63) is 45.9 Å². The fourth-order valence-corrected chi connectivity index (χ4v) is 5.24. The van der Waals surface area contributed by atoms with Crippen LogP contribution < -0.4 is 11.5 Å². The maximum absolute atomic E-state index is 13.2. The highest BCUT2D eigenvalue weighted by molar-refractivity contribution is 6.24. The molecule has 8 N–H and O–H groups in total. The molecule has 1 aromatic rings. The van der Waals surface area contributed by atoms with Crippen molar-refractivity contribution in [1.29, 1.82) is 0 Å². The molecule has 1 aromatic carbocycles.